The maximum absolute atomic E-state index is 8.68. The fourth-order valence-corrected chi connectivity index (χ4v) is 1.60. The van der Waals surface area contributed by atoms with Crippen LogP contribution in [0.4, 0.5) is 0 Å². The van der Waals surface area contributed by atoms with Crippen LogP contribution in [-0.4, -0.2) is 11.7 Å². The fourth-order valence-electron chi connectivity index (χ4n) is 1.19. The molecule has 0 fully saturated rings. The lowest BCUT2D eigenvalue weighted by atomic mass is 10.0. The van der Waals surface area contributed by atoms with Gasteiger partial charge in [-0.1, -0.05) is 28.1 Å². The second-order valence-electron chi connectivity index (χ2n) is 2.85. The van der Waals surface area contributed by atoms with Crippen molar-refractivity contribution in [1.82, 2.24) is 0 Å². The summed E-state index contributed by atoms with van der Waals surface area (Å²) in [5.74, 6) is 0. The number of benzene rings is 1. The number of rotatable bonds is 3. The smallest absolute Gasteiger partial charge is 0.0434 e. The van der Waals surface area contributed by atoms with E-state index in [2.05, 4.69) is 28.9 Å². The summed E-state index contributed by atoms with van der Waals surface area (Å²) in [6.45, 7) is 2.36. The van der Waals surface area contributed by atoms with Gasteiger partial charge in [0.15, 0.2) is 0 Å². The molecule has 12 heavy (non-hydrogen) atoms. The third-order valence-electron chi connectivity index (χ3n) is 1.98. The van der Waals surface area contributed by atoms with Crippen molar-refractivity contribution in [2.75, 3.05) is 6.61 Å². The minimum absolute atomic E-state index is 0.270. The van der Waals surface area contributed by atoms with E-state index in [4.69, 9.17) is 5.11 Å². The SMILES string of the molecule is Cc1c(Br)cccc1CCCO. The van der Waals surface area contributed by atoms with Gasteiger partial charge in [0, 0.05) is 11.1 Å². The molecule has 0 heterocycles. The third-order valence-corrected chi connectivity index (χ3v) is 2.84. The average molecular weight is 229 g/mol. The van der Waals surface area contributed by atoms with E-state index in [9.17, 15) is 0 Å². The molecule has 0 radical (unpaired) electrons. The lowest BCUT2D eigenvalue weighted by molar-refractivity contribution is 0.288. The summed E-state index contributed by atoms with van der Waals surface area (Å²) in [4.78, 5) is 0. The summed E-state index contributed by atoms with van der Waals surface area (Å²) in [6, 6.07) is 6.18. The van der Waals surface area contributed by atoms with Crippen LogP contribution in [0.2, 0.25) is 0 Å². The van der Waals surface area contributed by atoms with Crippen molar-refractivity contribution in [3.8, 4) is 0 Å². The van der Waals surface area contributed by atoms with Gasteiger partial charge in [-0.15, -0.1) is 0 Å². The second-order valence-corrected chi connectivity index (χ2v) is 3.71. The molecule has 66 valence electrons. The van der Waals surface area contributed by atoms with Crippen molar-refractivity contribution < 1.29 is 5.11 Å². The molecule has 1 aromatic carbocycles. The molecule has 0 saturated heterocycles. The van der Waals surface area contributed by atoms with Gasteiger partial charge in [0.05, 0.1) is 0 Å². The molecule has 0 spiro atoms. The number of halogens is 1. The summed E-state index contributed by atoms with van der Waals surface area (Å²) >= 11 is 3.48. The monoisotopic (exact) mass is 228 g/mol. The first-order chi connectivity index (χ1) is 5.75. The molecule has 0 aliphatic carbocycles. The van der Waals surface area contributed by atoms with Crippen LogP contribution in [0, 0.1) is 6.92 Å². The van der Waals surface area contributed by atoms with Crippen molar-refractivity contribution in [2.24, 2.45) is 0 Å². The quantitative estimate of drug-likeness (QED) is 0.844. The van der Waals surface area contributed by atoms with Gasteiger partial charge < -0.3 is 5.11 Å². The van der Waals surface area contributed by atoms with E-state index in [0.717, 1.165) is 17.3 Å². The predicted octanol–water partition coefficient (Wildman–Crippen LogP) is 2.68. The Kier molecular flexibility index (Phi) is 3.76. The maximum Gasteiger partial charge on any atom is 0.0434 e. The number of aryl methyl sites for hydroxylation is 1. The van der Waals surface area contributed by atoms with Gasteiger partial charge in [-0.05, 0) is 37.0 Å². The minimum atomic E-state index is 0.270. The number of aliphatic hydroxyl groups is 1. The normalized spacial score (nSPS) is 10.2. The van der Waals surface area contributed by atoms with Gasteiger partial charge in [-0.2, -0.15) is 0 Å². The Bertz CT molecular complexity index is 258. The first-order valence-corrected chi connectivity index (χ1v) is 4.90. The molecule has 0 amide bonds. The van der Waals surface area contributed by atoms with Gasteiger partial charge >= 0.3 is 0 Å². The zero-order valence-electron chi connectivity index (χ0n) is 7.18. The maximum atomic E-state index is 8.68. The molecule has 1 N–H and O–H groups in total. The molecule has 0 aliphatic heterocycles. The molecule has 2 heteroatoms. The molecule has 0 saturated carbocycles. The molecular formula is C10H13BrO. The fraction of sp³-hybridized carbons (Fsp3) is 0.400. The summed E-state index contributed by atoms with van der Waals surface area (Å²) in [6.07, 6.45) is 1.80. The Morgan fingerprint density at radius 3 is 2.83 bits per heavy atom. The predicted molar refractivity (Wildman–Crippen MR) is 54.3 cm³/mol. The zero-order valence-corrected chi connectivity index (χ0v) is 8.76. The van der Waals surface area contributed by atoms with E-state index >= 15 is 0 Å². The van der Waals surface area contributed by atoms with Gasteiger partial charge in [0.25, 0.3) is 0 Å². The van der Waals surface area contributed by atoms with Gasteiger partial charge in [-0.3, -0.25) is 0 Å². The molecule has 1 aromatic rings. The highest BCUT2D eigenvalue weighted by Crippen LogP contribution is 2.20. The summed E-state index contributed by atoms with van der Waals surface area (Å²) in [5.41, 5.74) is 2.60. The molecule has 0 unspecified atom stereocenters. The lowest BCUT2D eigenvalue weighted by Gasteiger charge is -2.05. The summed E-state index contributed by atoms with van der Waals surface area (Å²) in [7, 11) is 0. The summed E-state index contributed by atoms with van der Waals surface area (Å²) in [5, 5.41) is 8.68. The molecule has 0 aromatic heterocycles. The molecule has 1 rings (SSSR count). The van der Waals surface area contributed by atoms with Crippen molar-refractivity contribution in [2.45, 2.75) is 19.8 Å². The first-order valence-electron chi connectivity index (χ1n) is 4.10. The average Bonchev–Trinajstić information content (AvgIpc) is 2.08. The number of aliphatic hydroxyl groups excluding tert-OH is 1. The van der Waals surface area contributed by atoms with Crippen molar-refractivity contribution >= 4 is 15.9 Å². The highest BCUT2D eigenvalue weighted by Gasteiger charge is 2.00. The van der Waals surface area contributed by atoms with Crippen molar-refractivity contribution in [3.05, 3.63) is 33.8 Å². The molecule has 0 atom stereocenters. The molecule has 0 bridgehead atoms. The van der Waals surface area contributed by atoms with Crippen LogP contribution in [0.3, 0.4) is 0 Å². The number of hydrogen-bond acceptors (Lipinski definition) is 1. The van der Waals surface area contributed by atoms with Crippen LogP contribution in [-0.2, 0) is 6.42 Å². The molecule has 1 nitrogen and oxygen atoms in total. The Morgan fingerprint density at radius 2 is 2.17 bits per heavy atom. The van der Waals surface area contributed by atoms with Crippen LogP contribution in [0.25, 0.3) is 0 Å². The topological polar surface area (TPSA) is 20.2 Å². The Labute approximate surface area is 81.6 Å². The molecule has 0 aliphatic rings. The second kappa shape index (κ2) is 4.63. The molecular weight excluding hydrogens is 216 g/mol. The van der Waals surface area contributed by atoms with E-state index in [-0.39, 0.29) is 6.61 Å². The third kappa shape index (κ3) is 2.32. The zero-order chi connectivity index (χ0) is 8.97. The Morgan fingerprint density at radius 1 is 1.42 bits per heavy atom. The highest BCUT2D eigenvalue weighted by molar-refractivity contribution is 9.10. The van der Waals surface area contributed by atoms with Crippen LogP contribution in [0.15, 0.2) is 22.7 Å². The van der Waals surface area contributed by atoms with E-state index in [1.807, 2.05) is 12.1 Å². The van der Waals surface area contributed by atoms with Gasteiger partial charge in [0.2, 0.25) is 0 Å². The lowest BCUT2D eigenvalue weighted by Crippen LogP contribution is -1.92. The van der Waals surface area contributed by atoms with Crippen LogP contribution in [0.1, 0.15) is 17.5 Å². The van der Waals surface area contributed by atoms with Crippen molar-refractivity contribution in [3.63, 3.8) is 0 Å². The van der Waals surface area contributed by atoms with E-state index < -0.39 is 0 Å². The van der Waals surface area contributed by atoms with E-state index in [1.54, 1.807) is 0 Å². The summed E-state index contributed by atoms with van der Waals surface area (Å²) < 4.78 is 1.15. The van der Waals surface area contributed by atoms with Crippen molar-refractivity contribution in [1.29, 1.82) is 0 Å². The largest absolute Gasteiger partial charge is 0.396 e. The first kappa shape index (κ1) is 9.75. The Balaban J connectivity index is 2.78. The minimum Gasteiger partial charge on any atom is -0.396 e. The van der Waals surface area contributed by atoms with E-state index in [1.165, 1.54) is 11.1 Å². The van der Waals surface area contributed by atoms with Crippen LogP contribution >= 0.6 is 15.9 Å². The van der Waals surface area contributed by atoms with E-state index in [0.29, 0.717) is 0 Å². The Hall–Kier alpha value is -0.340. The van der Waals surface area contributed by atoms with Crippen LogP contribution in [0.5, 0.6) is 0 Å². The number of hydrogen-bond donors (Lipinski definition) is 1. The van der Waals surface area contributed by atoms with Crippen LogP contribution < -0.4 is 0 Å². The standard InChI is InChI=1S/C10H13BrO/c1-8-9(5-3-7-12)4-2-6-10(8)11/h2,4,6,12H,3,5,7H2,1H3. The van der Waals surface area contributed by atoms with Gasteiger partial charge in [0.1, 0.15) is 0 Å². The van der Waals surface area contributed by atoms with Gasteiger partial charge in [-0.25, -0.2) is 0 Å². The highest BCUT2D eigenvalue weighted by atomic mass is 79.9.